The molecule has 23 atom stereocenters. The smallest absolute Gasteiger partial charge is 0.187 e. The Bertz CT molecular complexity index is 1300. The van der Waals surface area contributed by atoms with E-state index in [0.717, 1.165) is 51.6 Å². The first-order valence-electron chi connectivity index (χ1n) is 20.4. The molecule has 4 saturated heterocycles. The van der Waals surface area contributed by atoms with E-state index >= 15 is 0 Å². The summed E-state index contributed by atoms with van der Waals surface area (Å²) in [5.74, 6) is 2.78. The van der Waals surface area contributed by atoms with Crippen molar-refractivity contribution in [2.75, 3.05) is 19.8 Å². The third-order valence-corrected chi connectivity index (χ3v) is 16.2. The van der Waals surface area contributed by atoms with Gasteiger partial charge < -0.3 is 69.3 Å². The van der Waals surface area contributed by atoms with Gasteiger partial charge in [0, 0.05) is 12.3 Å². The fourth-order valence-electron chi connectivity index (χ4n) is 13.2. The van der Waals surface area contributed by atoms with Crippen molar-refractivity contribution in [3.8, 4) is 0 Å². The van der Waals surface area contributed by atoms with E-state index in [-0.39, 0.29) is 22.9 Å². The van der Waals surface area contributed by atoms with Crippen molar-refractivity contribution in [2.45, 2.75) is 171 Å². The van der Waals surface area contributed by atoms with Gasteiger partial charge in [-0.3, -0.25) is 0 Å². The molecule has 0 aromatic carbocycles. The van der Waals surface area contributed by atoms with E-state index in [1.807, 2.05) is 0 Å². The van der Waals surface area contributed by atoms with Crippen LogP contribution in [0, 0.1) is 52.3 Å². The summed E-state index contributed by atoms with van der Waals surface area (Å²) < 4.78 is 37.2. The van der Waals surface area contributed by atoms with Crippen molar-refractivity contribution in [3.63, 3.8) is 0 Å². The van der Waals surface area contributed by atoms with Gasteiger partial charge in [0.25, 0.3) is 0 Å². The van der Waals surface area contributed by atoms with E-state index in [2.05, 4.69) is 27.7 Å². The van der Waals surface area contributed by atoms with E-state index in [4.69, 9.17) is 28.4 Å². The molecule has 4 aliphatic heterocycles. The molecule has 0 unspecified atom stereocenters. The Balaban J connectivity index is 0.962. The SMILES string of the molecule is C[C@H]1CC[C@]2(OC1)O[C@H]1C[C@H]3[C@@H]4CC[C@H]5C[C@H](O[C@H]6O[C@@H](CO)[C@H](O)[C@@H](O)[C@@H]6O[C@H]6O[C@@H](CO)[C@H](O)[C@@H](O)[C@@H]6O)[C@@H](O)C[C@@]5(C)[C@H]4CC[C@@]3(C)[C@H]1[C@@H]2C. The largest absolute Gasteiger partial charge is 0.394 e. The first-order valence-corrected chi connectivity index (χ1v) is 20.4. The number of ether oxygens (including phenoxy) is 6. The highest BCUT2D eigenvalue weighted by Gasteiger charge is 2.69. The van der Waals surface area contributed by atoms with Crippen LogP contribution in [0.5, 0.6) is 0 Å². The topological polar surface area (TPSA) is 217 Å². The number of aliphatic hydroxyl groups is 8. The maximum atomic E-state index is 11.8. The fraction of sp³-hybridized carbons (Fsp3) is 1.00. The van der Waals surface area contributed by atoms with Gasteiger partial charge in [-0.15, -0.1) is 0 Å². The molecule has 53 heavy (non-hydrogen) atoms. The van der Waals surface area contributed by atoms with E-state index in [1.165, 1.54) is 0 Å². The zero-order valence-electron chi connectivity index (χ0n) is 31.6. The summed E-state index contributed by atoms with van der Waals surface area (Å²) in [7, 11) is 0. The summed E-state index contributed by atoms with van der Waals surface area (Å²) in [5.41, 5.74) is 0.0762. The number of fused-ring (bicyclic) bond motifs is 7. The summed E-state index contributed by atoms with van der Waals surface area (Å²) in [6.07, 6.45) is -8.11. The lowest BCUT2D eigenvalue weighted by Gasteiger charge is -2.62. The Morgan fingerprint density at radius 1 is 0.698 bits per heavy atom. The van der Waals surface area contributed by atoms with Crippen molar-refractivity contribution >= 4 is 0 Å². The summed E-state index contributed by atoms with van der Waals surface area (Å²) in [5, 5.41) is 84.5. The van der Waals surface area contributed by atoms with Gasteiger partial charge in [0.2, 0.25) is 0 Å². The molecule has 4 saturated carbocycles. The van der Waals surface area contributed by atoms with Crippen molar-refractivity contribution in [1.29, 1.82) is 0 Å². The van der Waals surface area contributed by atoms with Gasteiger partial charge in [-0.1, -0.05) is 27.7 Å². The molecule has 1 spiro atoms. The second kappa shape index (κ2) is 14.4. The first-order chi connectivity index (χ1) is 25.2. The second-order valence-corrected chi connectivity index (χ2v) is 18.9. The summed E-state index contributed by atoms with van der Waals surface area (Å²) in [6.45, 7) is 8.96. The molecule has 304 valence electrons. The molecule has 8 aliphatic rings. The van der Waals surface area contributed by atoms with Crippen LogP contribution in [0.2, 0.25) is 0 Å². The summed E-state index contributed by atoms with van der Waals surface area (Å²) in [4.78, 5) is 0. The zero-order valence-corrected chi connectivity index (χ0v) is 31.6. The third kappa shape index (κ3) is 6.20. The van der Waals surface area contributed by atoms with E-state index in [9.17, 15) is 40.9 Å². The molecule has 8 fully saturated rings. The minimum atomic E-state index is -1.76. The van der Waals surface area contributed by atoms with Gasteiger partial charge in [-0.2, -0.15) is 0 Å². The molecule has 14 heteroatoms. The van der Waals surface area contributed by atoms with Gasteiger partial charge in [0.15, 0.2) is 18.4 Å². The van der Waals surface area contributed by atoms with Crippen LogP contribution >= 0.6 is 0 Å². The van der Waals surface area contributed by atoms with Crippen LogP contribution in [0.4, 0.5) is 0 Å². The molecule has 0 aromatic rings. The van der Waals surface area contributed by atoms with Crippen LogP contribution in [0.3, 0.4) is 0 Å². The minimum Gasteiger partial charge on any atom is -0.394 e. The van der Waals surface area contributed by atoms with Crippen LogP contribution < -0.4 is 0 Å². The third-order valence-electron chi connectivity index (χ3n) is 16.2. The molecular weight excluding hydrogens is 692 g/mol. The van der Waals surface area contributed by atoms with Crippen molar-refractivity contribution in [3.05, 3.63) is 0 Å². The predicted octanol–water partition coefficient (Wildman–Crippen LogP) is 0.413. The Kier molecular flexibility index (Phi) is 10.6. The van der Waals surface area contributed by atoms with E-state index in [0.29, 0.717) is 48.3 Å². The molecule has 0 radical (unpaired) electrons. The highest BCUT2D eigenvalue weighted by atomic mass is 16.8. The lowest BCUT2D eigenvalue weighted by atomic mass is 9.44. The fourth-order valence-corrected chi connectivity index (χ4v) is 13.2. The maximum absolute atomic E-state index is 11.8. The average molecular weight is 757 g/mol. The monoisotopic (exact) mass is 756 g/mol. The summed E-state index contributed by atoms with van der Waals surface area (Å²) >= 11 is 0. The second-order valence-electron chi connectivity index (χ2n) is 18.9. The van der Waals surface area contributed by atoms with Gasteiger partial charge in [-0.25, -0.2) is 0 Å². The van der Waals surface area contributed by atoms with Crippen LogP contribution in [-0.4, -0.2) is 146 Å². The highest BCUT2D eigenvalue weighted by Crippen LogP contribution is 2.71. The molecule has 0 amide bonds. The van der Waals surface area contributed by atoms with Crippen LogP contribution in [-0.2, 0) is 28.4 Å². The molecule has 8 rings (SSSR count). The Morgan fingerprint density at radius 3 is 2.08 bits per heavy atom. The van der Waals surface area contributed by atoms with Crippen LogP contribution in [0.1, 0.15) is 85.5 Å². The summed E-state index contributed by atoms with van der Waals surface area (Å²) in [6, 6.07) is 0. The normalized spacial score (nSPS) is 59.5. The van der Waals surface area contributed by atoms with Gasteiger partial charge in [0.05, 0.1) is 38.1 Å². The lowest BCUT2D eigenvalue weighted by Crippen LogP contribution is -2.65. The zero-order chi connectivity index (χ0) is 37.8. The van der Waals surface area contributed by atoms with Crippen LogP contribution in [0.15, 0.2) is 0 Å². The molecule has 0 aromatic heterocycles. The van der Waals surface area contributed by atoms with Crippen molar-refractivity contribution in [1.82, 2.24) is 0 Å². The van der Waals surface area contributed by atoms with Crippen molar-refractivity contribution in [2.24, 2.45) is 52.3 Å². The molecule has 4 heterocycles. The van der Waals surface area contributed by atoms with Gasteiger partial charge in [0.1, 0.15) is 48.8 Å². The predicted molar refractivity (Wildman–Crippen MR) is 184 cm³/mol. The average Bonchev–Trinajstić information content (AvgIpc) is 3.58. The van der Waals surface area contributed by atoms with Crippen molar-refractivity contribution < 1.29 is 69.3 Å². The Labute approximate surface area is 312 Å². The van der Waals surface area contributed by atoms with E-state index < -0.39 is 92.6 Å². The molecular formula is C39H64O14. The molecule has 4 aliphatic carbocycles. The molecule has 14 nitrogen and oxygen atoms in total. The first kappa shape index (κ1) is 39.3. The molecule has 8 N–H and O–H groups in total. The number of rotatable bonds is 6. The Hall–Kier alpha value is -0.560. The molecule has 0 bridgehead atoms. The quantitative estimate of drug-likeness (QED) is 0.173. The number of hydrogen-bond acceptors (Lipinski definition) is 14. The highest BCUT2D eigenvalue weighted by molar-refractivity contribution is 5.16. The number of hydrogen-bond donors (Lipinski definition) is 8. The van der Waals surface area contributed by atoms with Gasteiger partial charge >= 0.3 is 0 Å². The van der Waals surface area contributed by atoms with Gasteiger partial charge in [-0.05, 0) is 97.7 Å². The van der Waals surface area contributed by atoms with E-state index in [1.54, 1.807) is 0 Å². The lowest BCUT2D eigenvalue weighted by molar-refractivity contribution is -0.376. The minimum absolute atomic E-state index is 0.111. The maximum Gasteiger partial charge on any atom is 0.187 e. The van der Waals surface area contributed by atoms with Crippen LogP contribution in [0.25, 0.3) is 0 Å². The standard InChI is InChI=1S/C39H64O14/c1-17-7-10-39(48-16-17)18(2)28-25(53-39)12-22-20-6-5-19-11-24(23(42)13-38(19,4)21(20)8-9-37(22,28)3)49-36-34(32(46)30(44)27(15-41)51-36)52-35-33(47)31(45)29(43)26(14-40)50-35/h17-36,40-47H,5-16H2,1-4H3/t17-,18-,19-,20+,21-,22-,23-,24-,25-,26-,27-,28-,29-,30-,31+,32+,33-,34-,35+,36-,37+,38+,39-/m0/s1. The Morgan fingerprint density at radius 2 is 1.40 bits per heavy atom. The number of aliphatic hydroxyl groups excluding tert-OH is 8.